The third kappa shape index (κ3) is 5.98. The van der Waals surface area contributed by atoms with E-state index in [0.717, 1.165) is 29.4 Å². The molecule has 3 rings (SSSR count). The number of halogens is 1. The molecule has 1 N–H and O–H groups in total. The highest BCUT2D eigenvalue weighted by atomic mass is 35.5. The maximum absolute atomic E-state index is 13.5. The van der Waals surface area contributed by atoms with E-state index in [1.54, 1.807) is 12.1 Å². The van der Waals surface area contributed by atoms with Gasteiger partial charge < -0.3 is 14.8 Å². The average Bonchev–Trinajstić information content (AvgIpc) is 3.18. The zero-order valence-electron chi connectivity index (χ0n) is 20.7. The van der Waals surface area contributed by atoms with Crippen LogP contribution in [0.25, 0.3) is 11.0 Å². The first kappa shape index (κ1) is 25.8. The van der Waals surface area contributed by atoms with Crippen LogP contribution in [0.15, 0.2) is 48.5 Å². The number of nitrogens with one attached hydrogen (secondary N) is 1. The summed E-state index contributed by atoms with van der Waals surface area (Å²) in [7, 11) is 0. The predicted octanol–water partition coefficient (Wildman–Crippen LogP) is 5.54. The fraction of sp³-hybridized carbons (Fsp3) is 0.444. The number of imidazole rings is 1. The van der Waals surface area contributed by atoms with Crippen molar-refractivity contribution in [1.82, 2.24) is 19.8 Å². The Morgan fingerprint density at radius 1 is 1.00 bits per heavy atom. The molecule has 0 bridgehead atoms. The summed E-state index contributed by atoms with van der Waals surface area (Å²) in [6.07, 6.45) is 2.03. The number of hydrogen-bond donors (Lipinski definition) is 1. The van der Waals surface area contributed by atoms with Crippen LogP contribution in [0.4, 0.5) is 0 Å². The van der Waals surface area contributed by atoms with E-state index in [2.05, 4.69) is 33.0 Å². The van der Waals surface area contributed by atoms with Crippen molar-refractivity contribution in [3.05, 3.63) is 64.9 Å². The molecule has 0 saturated carbocycles. The highest BCUT2D eigenvalue weighted by Crippen LogP contribution is 2.23. The molecule has 6 nitrogen and oxygen atoms in total. The first-order chi connectivity index (χ1) is 16.2. The molecule has 0 spiro atoms. The van der Waals surface area contributed by atoms with Crippen LogP contribution < -0.4 is 5.32 Å². The third-order valence-corrected chi connectivity index (χ3v) is 6.69. The zero-order valence-corrected chi connectivity index (χ0v) is 21.5. The van der Waals surface area contributed by atoms with E-state index in [1.807, 2.05) is 52.8 Å². The molecule has 2 aromatic carbocycles. The van der Waals surface area contributed by atoms with Crippen LogP contribution in [0, 0.1) is 0 Å². The molecular weight excluding hydrogens is 448 g/mol. The van der Waals surface area contributed by atoms with Crippen molar-refractivity contribution in [2.45, 2.75) is 78.6 Å². The highest BCUT2D eigenvalue weighted by Gasteiger charge is 2.26. The Bertz CT molecular complexity index is 1120. The summed E-state index contributed by atoms with van der Waals surface area (Å²) in [5, 5.41) is 3.69. The molecule has 0 fully saturated rings. The van der Waals surface area contributed by atoms with Crippen LogP contribution in [0.2, 0.25) is 5.02 Å². The maximum Gasteiger partial charge on any atom is 0.243 e. The number of hydrogen-bond acceptors (Lipinski definition) is 3. The Kier molecular flexibility index (Phi) is 8.72. The molecule has 0 radical (unpaired) electrons. The Morgan fingerprint density at radius 2 is 1.62 bits per heavy atom. The molecule has 0 aliphatic rings. The zero-order chi connectivity index (χ0) is 24.8. The van der Waals surface area contributed by atoms with Crippen LogP contribution in [0.5, 0.6) is 0 Å². The van der Waals surface area contributed by atoms with Crippen molar-refractivity contribution in [1.29, 1.82) is 0 Å². The number of aromatic nitrogens is 2. The van der Waals surface area contributed by atoms with Gasteiger partial charge in [0.05, 0.1) is 23.5 Å². The molecule has 1 heterocycles. The Balaban J connectivity index is 1.86. The summed E-state index contributed by atoms with van der Waals surface area (Å²) in [5.41, 5.74) is 2.58. The molecule has 182 valence electrons. The van der Waals surface area contributed by atoms with Gasteiger partial charge in [-0.05, 0) is 63.4 Å². The van der Waals surface area contributed by atoms with Crippen molar-refractivity contribution in [2.75, 3.05) is 0 Å². The van der Waals surface area contributed by atoms with Gasteiger partial charge in [0, 0.05) is 17.1 Å². The van der Waals surface area contributed by atoms with Crippen molar-refractivity contribution in [3.8, 4) is 0 Å². The predicted molar refractivity (Wildman–Crippen MR) is 138 cm³/mol. The largest absolute Gasteiger partial charge is 0.346 e. The van der Waals surface area contributed by atoms with Crippen molar-refractivity contribution in [2.24, 2.45) is 0 Å². The lowest BCUT2D eigenvalue weighted by atomic mass is 10.1. The van der Waals surface area contributed by atoms with Gasteiger partial charge in [-0.15, -0.1) is 0 Å². The number of benzene rings is 2. The van der Waals surface area contributed by atoms with Gasteiger partial charge in [0.2, 0.25) is 11.8 Å². The minimum atomic E-state index is -0.361. The van der Waals surface area contributed by atoms with Crippen molar-refractivity contribution >= 4 is 34.4 Å². The molecule has 7 heteroatoms. The van der Waals surface area contributed by atoms with Crippen LogP contribution in [-0.2, 0) is 22.6 Å². The van der Waals surface area contributed by atoms with Gasteiger partial charge in [-0.2, -0.15) is 0 Å². The van der Waals surface area contributed by atoms with Gasteiger partial charge in [-0.3, -0.25) is 9.59 Å². The standard InChI is InChI=1S/C27H35ClN4O2/c1-6-18(3)32(19(4)7-2)26(34)17-31-24-11-9-8-10-23(24)30-27(31)20(5)29-25(33)16-21-12-14-22(28)15-13-21/h8-15,18-20H,6-7,16-17H2,1-5H3,(H,29,33). The van der Waals surface area contributed by atoms with Gasteiger partial charge in [0.15, 0.2) is 0 Å². The highest BCUT2D eigenvalue weighted by molar-refractivity contribution is 6.30. The van der Waals surface area contributed by atoms with E-state index in [1.165, 1.54) is 0 Å². The molecule has 3 atom stereocenters. The summed E-state index contributed by atoms with van der Waals surface area (Å²) < 4.78 is 1.95. The van der Waals surface area contributed by atoms with Crippen LogP contribution >= 0.6 is 11.6 Å². The first-order valence-corrected chi connectivity index (χ1v) is 12.4. The Morgan fingerprint density at radius 3 is 2.24 bits per heavy atom. The molecule has 0 aliphatic heterocycles. The summed E-state index contributed by atoms with van der Waals surface area (Å²) in [5.74, 6) is 0.626. The lowest BCUT2D eigenvalue weighted by molar-refractivity contribution is -0.136. The molecule has 1 aromatic heterocycles. The van der Waals surface area contributed by atoms with Crippen LogP contribution in [-0.4, -0.2) is 38.3 Å². The molecule has 34 heavy (non-hydrogen) atoms. The summed E-state index contributed by atoms with van der Waals surface area (Å²) in [6.45, 7) is 10.5. The topological polar surface area (TPSA) is 67.2 Å². The summed E-state index contributed by atoms with van der Waals surface area (Å²) in [6, 6.07) is 15.0. The SMILES string of the molecule is CCC(C)N(C(=O)Cn1c(C(C)NC(=O)Cc2ccc(Cl)cc2)nc2ccccc21)C(C)CC. The monoisotopic (exact) mass is 482 g/mol. The average molecular weight is 483 g/mol. The summed E-state index contributed by atoms with van der Waals surface area (Å²) >= 11 is 5.95. The second-order valence-corrected chi connectivity index (χ2v) is 9.39. The molecule has 3 unspecified atom stereocenters. The van der Waals surface area contributed by atoms with E-state index in [4.69, 9.17) is 16.6 Å². The first-order valence-electron chi connectivity index (χ1n) is 12.0. The molecule has 0 saturated heterocycles. The van der Waals surface area contributed by atoms with E-state index in [9.17, 15) is 9.59 Å². The number of amides is 2. The fourth-order valence-electron chi connectivity index (χ4n) is 4.27. The summed E-state index contributed by atoms with van der Waals surface area (Å²) in [4.78, 5) is 33.0. The quantitative estimate of drug-likeness (QED) is 0.412. The van der Waals surface area contributed by atoms with E-state index in [-0.39, 0.29) is 42.9 Å². The molecular formula is C27H35ClN4O2. The second kappa shape index (κ2) is 11.5. The number of nitrogens with zero attached hydrogens (tertiary/aromatic N) is 3. The third-order valence-electron chi connectivity index (χ3n) is 6.44. The number of carbonyl (C=O) groups excluding carboxylic acids is 2. The number of para-hydroxylation sites is 2. The fourth-order valence-corrected chi connectivity index (χ4v) is 4.40. The smallest absolute Gasteiger partial charge is 0.243 e. The van der Waals surface area contributed by atoms with Crippen molar-refractivity contribution < 1.29 is 9.59 Å². The number of carbonyl (C=O) groups is 2. The van der Waals surface area contributed by atoms with Gasteiger partial charge >= 0.3 is 0 Å². The lowest BCUT2D eigenvalue weighted by Crippen LogP contribution is -2.46. The van der Waals surface area contributed by atoms with Crippen molar-refractivity contribution in [3.63, 3.8) is 0 Å². The van der Waals surface area contributed by atoms with Crippen LogP contribution in [0.3, 0.4) is 0 Å². The van der Waals surface area contributed by atoms with E-state index in [0.29, 0.717) is 10.8 Å². The lowest BCUT2D eigenvalue weighted by Gasteiger charge is -2.34. The Labute approximate surface area is 207 Å². The minimum Gasteiger partial charge on any atom is -0.346 e. The van der Waals surface area contributed by atoms with Gasteiger partial charge in [0.25, 0.3) is 0 Å². The number of rotatable bonds is 10. The van der Waals surface area contributed by atoms with Gasteiger partial charge in [-0.25, -0.2) is 4.98 Å². The van der Waals surface area contributed by atoms with Gasteiger partial charge in [-0.1, -0.05) is 49.7 Å². The Hall–Kier alpha value is -2.86. The minimum absolute atomic E-state index is 0.0628. The molecule has 0 aliphatic carbocycles. The van der Waals surface area contributed by atoms with E-state index >= 15 is 0 Å². The van der Waals surface area contributed by atoms with Gasteiger partial charge in [0.1, 0.15) is 12.4 Å². The molecule has 3 aromatic rings. The maximum atomic E-state index is 13.5. The normalized spacial score (nSPS) is 13.9. The molecule has 2 amide bonds. The number of fused-ring (bicyclic) bond motifs is 1. The van der Waals surface area contributed by atoms with Crippen LogP contribution in [0.1, 0.15) is 64.9 Å². The van der Waals surface area contributed by atoms with E-state index < -0.39 is 0 Å². The second-order valence-electron chi connectivity index (χ2n) is 8.95.